The molecule has 3 nitrogen and oxygen atoms in total. The molecule has 1 aromatic heterocycles. The molecule has 0 atom stereocenters. The van der Waals surface area contributed by atoms with Crippen LogP contribution in [0.5, 0.6) is 0 Å². The minimum Gasteiger partial charge on any atom is -0.357 e. The van der Waals surface area contributed by atoms with Gasteiger partial charge in [-0.1, -0.05) is 33.6 Å². The lowest BCUT2D eigenvalue weighted by Crippen LogP contribution is -2.24. The lowest BCUT2D eigenvalue weighted by Gasteiger charge is -2.00. The Morgan fingerprint density at radius 2 is 2.07 bits per heavy atom. The van der Waals surface area contributed by atoms with Gasteiger partial charge < -0.3 is 10.3 Å². The highest BCUT2D eigenvalue weighted by Gasteiger charge is 2.02. The molecule has 0 bridgehead atoms. The second-order valence-electron chi connectivity index (χ2n) is 3.40. The van der Waals surface area contributed by atoms with Crippen molar-refractivity contribution in [1.82, 2.24) is 10.3 Å². The number of H-pyrrole nitrogens is 1. The number of carbonyl (C=O) groups is 1. The summed E-state index contributed by atoms with van der Waals surface area (Å²) in [5.41, 5.74) is 0.631. The van der Waals surface area contributed by atoms with Gasteiger partial charge in [-0.25, -0.2) is 0 Å². The summed E-state index contributed by atoms with van der Waals surface area (Å²) >= 11 is 0. The van der Waals surface area contributed by atoms with Crippen LogP contribution in [0.25, 0.3) is 0 Å². The van der Waals surface area contributed by atoms with Gasteiger partial charge in [-0.05, 0) is 18.6 Å². The third kappa shape index (κ3) is 6.77. The van der Waals surface area contributed by atoms with E-state index in [1.54, 1.807) is 12.3 Å². The molecule has 0 radical (unpaired) electrons. The van der Waals surface area contributed by atoms with Crippen molar-refractivity contribution in [3.63, 3.8) is 0 Å². The molecule has 0 spiro atoms. The van der Waals surface area contributed by atoms with Crippen LogP contribution in [0, 0.1) is 0 Å². The van der Waals surface area contributed by atoms with Crippen molar-refractivity contribution in [1.29, 1.82) is 0 Å². The Hall–Kier alpha value is -1.25. The summed E-state index contributed by atoms with van der Waals surface area (Å²) < 4.78 is 0. The average molecular weight is 210 g/mol. The SMILES string of the molecule is CCC.CCCCNC(=O)c1ccc[nH]1. The van der Waals surface area contributed by atoms with Gasteiger partial charge in [0.2, 0.25) is 0 Å². The molecule has 1 rings (SSSR count). The highest BCUT2D eigenvalue weighted by Crippen LogP contribution is 1.93. The number of carbonyl (C=O) groups excluding carboxylic acids is 1. The number of aromatic nitrogens is 1. The van der Waals surface area contributed by atoms with Crippen LogP contribution in [0.3, 0.4) is 0 Å². The van der Waals surface area contributed by atoms with Crippen molar-refractivity contribution in [3.8, 4) is 0 Å². The molecule has 0 aromatic carbocycles. The number of unbranched alkanes of at least 4 members (excludes halogenated alkanes) is 1. The Morgan fingerprint density at radius 3 is 2.53 bits per heavy atom. The van der Waals surface area contributed by atoms with E-state index < -0.39 is 0 Å². The lowest BCUT2D eigenvalue weighted by atomic mass is 10.3. The number of hydrogen-bond donors (Lipinski definition) is 2. The van der Waals surface area contributed by atoms with Gasteiger partial charge in [0.1, 0.15) is 5.69 Å². The molecule has 0 aliphatic heterocycles. The van der Waals surface area contributed by atoms with Gasteiger partial charge >= 0.3 is 0 Å². The minimum absolute atomic E-state index is 0.0200. The highest BCUT2D eigenvalue weighted by atomic mass is 16.1. The van der Waals surface area contributed by atoms with E-state index in [-0.39, 0.29) is 5.91 Å². The Morgan fingerprint density at radius 1 is 1.40 bits per heavy atom. The van der Waals surface area contributed by atoms with Crippen LogP contribution in [0.2, 0.25) is 0 Å². The predicted molar refractivity (Wildman–Crippen MR) is 64.0 cm³/mol. The van der Waals surface area contributed by atoms with Gasteiger partial charge in [0.15, 0.2) is 0 Å². The Balaban J connectivity index is 0.000000583. The van der Waals surface area contributed by atoms with Crippen molar-refractivity contribution in [2.45, 2.75) is 40.0 Å². The number of aromatic amines is 1. The Kier molecular flexibility index (Phi) is 8.53. The molecule has 0 aliphatic rings. The van der Waals surface area contributed by atoms with Crippen molar-refractivity contribution >= 4 is 5.91 Å². The average Bonchev–Trinajstić information content (AvgIpc) is 2.72. The zero-order valence-electron chi connectivity index (χ0n) is 9.97. The monoisotopic (exact) mass is 210 g/mol. The fourth-order valence-electron chi connectivity index (χ4n) is 0.945. The van der Waals surface area contributed by atoms with Gasteiger partial charge in [0.05, 0.1) is 0 Å². The van der Waals surface area contributed by atoms with E-state index in [4.69, 9.17) is 0 Å². The zero-order valence-corrected chi connectivity index (χ0v) is 9.97. The molecule has 86 valence electrons. The Bertz CT molecular complexity index is 242. The van der Waals surface area contributed by atoms with Gasteiger partial charge in [0.25, 0.3) is 5.91 Å². The van der Waals surface area contributed by atoms with E-state index >= 15 is 0 Å². The molecule has 1 aromatic rings. The summed E-state index contributed by atoms with van der Waals surface area (Å²) in [5.74, 6) is -0.0200. The fraction of sp³-hybridized carbons (Fsp3) is 0.583. The molecule has 0 aliphatic carbocycles. The molecular formula is C12H22N2O. The van der Waals surface area contributed by atoms with E-state index in [1.807, 2.05) is 6.07 Å². The van der Waals surface area contributed by atoms with Crippen molar-refractivity contribution in [2.24, 2.45) is 0 Å². The normalized spacial score (nSPS) is 9.00. The number of amides is 1. The summed E-state index contributed by atoms with van der Waals surface area (Å²) in [4.78, 5) is 14.1. The highest BCUT2D eigenvalue weighted by molar-refractivity contribution is 5.92. The van der Waals surface area contributed by atoms with Gasteiger partial charge in [0, 0.05) is 12.7 Å². The predicted octanol–water partition coefficient (Wildman–Crippen LogP) is 2.96. The zero-order chi connectivity index (χ0) is 11.5. The van der Waals surface area contributed by atoms with E-state index in [0.29, 0.717) is 5.69 Å². The summed E-state index contributed by atoms with van der Waals surface area (Å²) in [6.07, 6.45) is 5.13. The maximum Gasteiger partial charge on any atom is 0.267 e. The first-order valence-electron chi connectivity index (χ1n) is 5.67. The van der Waals surface area contributed by atoms with Crippen LogP contribution in [-0.4, -0.2) is 17.4 Å². The third-order valence-corrected chi connectivity index (χ3v) is 1.66. The first kappa shape index (κ1) is 13.8. The molecule has 0 saturated heterocycles. The standard InChI is InChI=1S/C9H14N2O.C3H8/c1-2-3-6-11-9(12)8-5-4-7-10-8;1-3-2/h4-5,7,10H,2-3,6H2,1H3,(H,11,12);3H2,1-2H3. The quantitative estimate of drug-likeness (QED) is 0.737. The first-order chi connectivity index (χ1) is 7.26. The maximum atomic E-state index is 11.2. The van der Waals surface area contributed by atoms with E-state index in [9.17, 15) is 4.79 Å². The second-order valence-corrected chi connectivity index (χ2v) is 3.40. The van der Waals surface area contributed by atoms with E-state index in [1.165, 1.54) is 6.42 Å². The van der Waals surface area contributed by atoms with E-state index in [2.05, 4.69) is 31.1 Å². The van der Waals surface area contributed by atoms with Crippen LogP contribution in [0.4, 0.5) is 0 Å². The van der Waals surface area contributed by atoms with Gasteiger partial charge in [-0.15, -0.1) is 0 Å². The first-order valence-corrected chi connectivity index (χ1v) is 5.67. The third-order valence-electron chi connectivity index (χ3n) is 1.66. The van der Waals surface area contributed by atoms with Crippen molar-refractivity contribution in [3.05, 3.63) is 24.0 Å². The molecule has 1 heterocycles. The van der Waals surface area contributed by atoms with Crippen LogP contribution in [0.1, 0.15) is 50.5 Å². The molecule has 0 saturated carbocycles. The number of nitrogens with one attached hydrogen (secondary N) is 2. The van der Waals surface area contributed by atoms with E-state index in [0.717, 1.165) is 19.4 Å². The van der Waals surface area contributed by atoms with Gasteiger partial charge in [-0.3, -0.25) is 4.79 Å². The van der Waals surface area contributed by atoms with Crippen LogP contribution >= 0.6 is 0 Å². The molecular weight excluding hydrogens is 188 g/mol. The van der Waals surface area contributed by atoms with Crippen molar-refractivity contribution < 1.29 is 4.79 Å². The minimum atomic E-state index is -0.0200. The molecule has 3 heteroatoms. The number of rotatable bonds is 4. The topological polar surface area (TPSA) is 44.9 Å². The molecule has 15 heavy (non-hydrogen) atoms. The fourth-order valence-corrected chi connectivity index (χ4v) is 0.945. The molecule has 2 N–H and O–H groups in total. The smallest absolute Gasteiger partial charge is 0.267 e. The van der Waals surface area contributed by atoms with Crippen LogP contribution in [0.15, 0.2) is 18.3 Å². The Labute approximate surface area is 92.3 Å². The summed E-state index contributed by atoms with van der Waals surface area (Å²) in [5, 5.41) is 2.82. The largest absolute Gasteiger partial charge is 0.357 e. The summed E-state index contributed by atoms with van der Waals surface area (Å²) in [6, 6.07) is 3.58. The van der Waals surface area contributed by atoms with Crippen LogP contribution in [-0.2, 0) is 0 Å². The van der Waals surface area contributed by atoms with Crippen molar-refractivity contribution in [2.75, 3.05) is 6.54 Å². The van der Waals surface area contributed by atoms with Gasteiger partial charge in [-0.2, -0.15) is 0 Å². The second kappa shape index (κ2) is 9.31. The molecule has 0 fully saturated rings. The molecule has 1 amide bonds. The van der Waals surface area contributed by atoms with Crippen LogP contribution < -0.4 is 5.32 Å². The molecule has 0 unspecified atom stereocenters. The number of hydrogen-bond acceptors (Lipinski definition) is 1. The lowest BCUT2D eigenvalue weighted by molar-refractivity contribution is 0.0949. The summed E-state index contributed by atoms with van der Waals surface area (Å²) in [7, 11) is 0. The summed E-state index contributed by atoms with van der Waals surface area (Å²) in [6.45, 7) is 7.11. The maximum absolute atomic E-state index is 11.2.